The lowest BCUT2D eigenvalue weighted by molar-refractivity contribution is -0.136. The number of carbonyl (C=O) groups excluding carboxylic acids is 2. The number of hydrazone groups is 1. The van der Waals surface area contributed by atoms with Gasteiger partial charge in [0.15, 0.2) is 0 Å². The van der Waals surface area contributed by atoms with E-state index >= 15 is 0 Å². The molecule has 0 aliphatic heterocycles. The molecule has 0 fully saturated rings. The second-order valence-corrected chi connectivity index (χ2v) is 5.98. The summed E-state index contributed by atoms with van der Waals surface area (Å²) in [7, 11) is 0. The molecular formula is C16H12Cl3N3O2. The van der Waals surface area contributed by atoms with Gasteiger partial charge in [-0.1, -0.05) is 46.9 Å². The van der Waals surface area contributed by atoms with Gasteiger partial charge >= 0.3 is 11.8 Å². The summed E-state index contributed by atoms with van der Waals surface area (Å²) in [5, 5.41) is 7.51. The second-order valence-electron chi connectivity index (χ2n) is 4.73. The maximum atomic E-state index is 11.8. The zero-order valence-corrected chi connectivity index (χ0v) is 14.7. The van der Waals surface area contributed by atoms with Crippen molar-refractivity contribution in [3.63, 3.8) is 0 Å². The van der Waals surface area contributed by atoms with Gasteiger partial charge in [-0.15, -0.1) is 0 Å². The van der Waals surface area contributed by atoms with E-state index in [1.54, 1.807) is 43.3 Å². The van der Waals surface area contributed by atoms with Crippen LogP contribution >= 0.6 is 34.8 Å². The van der Waals surface area contributed by atoms with Gasteiger partial charge in [-0.25, -0.2) is 5.43 Å². The van der Waals surface area contributed by atoms with Crippen LogP contribution in [0, 0.1) is 6.92 Å². The minimum atomic E-state index is -0.921. The summed E-state index contributed by atoms with van der Waals surface area (Å²) in [5.74, 6) is -1.78. The Bertz CT molecular complexity index is 822. The van der Waals surface area contributed by atoms with Crippen molar-refractivity contribution in [3.8, 4) is 0 Å². The van der Waals surface area contributed by atoms with Crippen molar-refractivity contribution in [1.82, 2.24) is 5.43 Å². The lowest BCUT2D eigenvalue weighted by Crippen LogP contribution is -2.32. The zero-order chi connectivity index (χ0) is 17.7. The largest absolute Gasteiger partial charge is 0.329 e. The minimum absolute atomic E-state index is 0.375. The molecule has 2 amide bonds. The fourth-order valence-corrected chi connectivity index (χ4v) is 2.37. The molecule has 0 spiro atoms. The molecule has 24 heavy (non-hydrogen) atoms. The molecule has 0 aliphatic rings. The monoisotopic (exact) mass is 383 g/mol. The number of amides is 2. The van der Waals surface area contributed by atoms with Crippen molar-refractivity contribution in [2.45, 2.75) is 6.92 Å². The highest BCUT2D eigenvalue weighted by Gasteiger charge is 2.14. The first-order valence-corrected chi connectivity index (χ1v) is 7.86. The van der Waals surface area contributed by atoms with Crippen LogP contribution in [-0.4, -0.2) is 18.0 Å². The average molecular weight is 385 g/mol. The molecule has 0 heterocycles. The molecular weight excluding hydrogens is 373 g/mol. The first kappa shape index (κ1) is 18.3. The first-order chi connectivity index (χ1) is 11.4. The Kier molecular flexibility index (Phi) is 6.20. The first-order valence-electron chi connectivity index (χ1n) is 6.73. The third-order valence-corrected chi connectivity index (χ3v) is 4.03. The average Bonchev–Trinajstić information content (AvgIpc) is 2.53. The minimum Gasteiger partial charge on any atom is -0.317 e. The number of hydrogen-bond acceptors (Lipinski definition) is 3. The second kappa shape index (κ2) is 8.15. The summed E-state index contributed by atoms with van der Waals surface area (Å²) >= 11 is 17.7. The van der Waals surface area contributed by atoms with Crippen molar-refractivity contribution in [1.29, 1.82) is 0 Å². The topological polar surface area (TPSA) is 70.6 Å². The van der Waals surface area contributed by atoms with E-state index in [2.05, 4.69) is 15.8 Å². The molecule has 0 saturated carbocycles. The van der Waals surface area contributed by atoms with Gasteiger partial charge in [0, 0.05) is 21.3 Å². The number of anilines is 1. The predicted molar refractivity (Wildman–Crippen MR) is 97.0 cm³/mol. The van der Waals surface area contributed by atoms with Crippen LogP contribution in [0.1, 0.15) is 11.1 Å². The lowest BCUT2D eigenvalue weighted by Gasteiger charge is -2.08. The van der Waals surface area contributed by atoms with Crippen LogP contribution in [0.25, 0.3) is 0 Å². The van der Waals surface area contributed by atoms with Crippen molar-refractivity contribution < 1.29 is 9.59 Å². The Hall–Kier alpha value is -2.08. The van der Waals surface area contributed by atoms with Gasteiger partial charge in [-0.2, -0.15) is 5.10 Å². The third kappa shape index (κ3) is 4.71. The fourth-order valence-electron chi connectivity index (χ4n) is 1.74. The molecule has 2 rings (SSSR count). The molecule has 2 N–H and O–H groups in total. The summed E-state index contributed by atoms with van der Waals surface area (Å²) in [6.07, 6.45) is 1.31. The Morgan fingerprint density at radius 1 is 1.04 bits per heavy atom. The normalized spacial score (nSPS) is 10.7. The van der Waals surface area contributed by atoms with Gasteiger partial charge in [0.2, 0.25) is 0 Å². The van der Waals surface area contributed by atoms with Gasteiger partial charge in [0.1, 0.15) is 0 Å². The standard InChI is InChI=1S/C16H12Cl3N3O2/c1-9-12(18)3-2-4-14(9)21-15(23)16(24)22-20-8-10-5-6-11(17)7-13(10)19/h2-8H,1H3,(H,21,23)(H,22,24)/b20-8+. The molecule has 8 heteroatoms. The quantitative estimate of drug-likeness (QED) is 0.476. The molecule has 0 aliphatic carbocycles. The number of hydrogen-bond donors (Lipinski definition) is 2. The molecule has 0 saturated heterocycles. The van der Waals surface area contributed by atoms with Gasteiger partial charge < -0.3 is 5.32 Å². The molecule has 2 aromatic carbocycles. The number of carbonyl (C=O) groups is 2. The van der Waals surface area contributed by atoms with E-state index < -0.39 is 11.8 Å². The highest BCUT2D eigenvalue weighted by atomic mass is 35.5. The smallest absolute Gasteiger partial charge is 0.317 e. The van der Waals surface area contributed by atoms with E-state index in [9.17, 15) is 9.59 Å². The summed E-state index contributed by atoms with van der Waals surface area (Å²) in [4.78, 5) is 23.6. The van der Waals surface area contributed by atoms with Crippen molar-refractivity contribution in [2.75, 3.05) is 5.32 Å². The lowest BCUT2D eigenvalue weighted by atomic mass is 10.2. The molecule has 5 nitrogen and oxygen atoms in total. The predicted octanol–water partition coefficient (Wildman–Crippen LogP) is 4.04. The number of rotatable bonds is 3. The van der Waals surface area contributed by atoms with Crippen LogP contribution < -0.4 is 10.7 Å². The van der Waals surface area contributed by atoms with Crippen molar-refractivity contribution >= 4 is 58.5 Å². The third-order valence-electron chi connectivity index (χ3n) is 3.05. The molecule has 124 valence electrons. The SMILES string of the molecule is Cc1c(Cl)cccc1NC(=O)C(=O)N/N=C/c1ccc(Cl)cc1Cl. The highest BCUT2D eigenvalue weighted by molar-refractivity contribution is 6.40. The fraction of sp³-hybridized carbons (Fsp3) is 0.0625. The van der Waals surface area contributed by atoms with Gasteiger partial charge in [0.25, 0.3) is 0 Å². The Labute approximate surface area is 153 Å². The van der Waals surface area contributed by atoms with E-state index in [0.717, 1.165) is 0 Å². The summed E-state index contributed by atoms with van der Waals surface area (Å²) in [6.45, 7) is 1.73. The van der Waals surface area contributed by atoms with E-state index in [1.807, 2.05) is 0 Å². The highest BCUT2D eigenvalue weighted by Crippen LogP contribution is 2.22. The number of nitrogens with zero attached hydrogens (tertiary/aromatic N) is 1. The Morgan fingerprint density at radius 2 is 1.79 bits per heavy atom. The number of halogens is 3. The van der Waals surface area contributed by atoms with Crippen LogP contribution in [-0.2, 0) is 9.59 Å². The summed E-state index contributed by atoms with van der Waals surface area (Å²) < 4.78 is 0. The summed E-state index contributed by atoms with van der Waals surface area (Å²) in [5.41, 5.74) is 3.78. The van der Waals surface area contributed by atoms with Crippen molar-refractivity contribution in [2.24, 2.45) is 5.10 Å². The van der Waals surface area contributed by atoms with Gasteiger partial charge in [-0.3, -0.25) is 9.59 Å². The van der Waals surface area contributed by atoms with Crippen molar-refractivity contribution in [3.05, 3.63) is 62.6 Å². The Balaban J connectivity index is 1.98. The summed E-state index contributed by atoms with van der Waals surface area (Å²) in [6, 6.07) is 9.81. The maximum absolute atomic E-state index is 11.8. The van der Waals surface area contributed by atoms with Gasteiger partial charge in [0.05, 0.1) is 11.2 Å². The van der Waals surface area contributed by atoms with Gasteiger partial charge in [-0.05, 0) is 36.8 Å². The van der Waals surface area contributed by atoms with E-state index in [1.165, 1.54) is 6.21 Å². The van der Waals surface area contributed by atoms with Crippen LogP contribution in [0.5, 0.6) is 0 Å². The van der Waals surface area contributed by atoms with E-state index in [4.69, 9.17) is 34.8 Å². The zero-order valence-electron chi connectivity index (χ0n) is 12.4. The van der Waals surface area contributed by atoms with E-state index in [-0.39, 0.29) is 0 Å². The van der Waals surface area contributed by atoms with Crippen LogP contribution in [0.2, 0.25) is 15.1 Å². The maximum Gasteiger partial charge on any atom is 0.329 e. The molecule has 0 radical (unpaired) electrons. The molecule has 2 aromatic rings. The van der Waals surface area contributed by atoms with Crippen LogP contribution in [0.3, 0.4) is 0 Å². The Morgan fingerprint density at radius 3 is 2.50 bits per heavy atom. The molecule has 0 aromatic heterocycles. The van der Waals surface area contributed by atoms with Crippen LogP contribution in [0.4, 0.5) is 5.69 Å². The molecule has 0 unspecified atom stereocenters. The van der Waals surface area contributed by atoms with E-state index in [0.29, 0.717) is 31.9 Å². The molecule has 0 bridgehead atoms. The number of nitrogens with one attached hydrogen (secondary N) is 2. The van der Waals surface area contributed by atoms with Crippen LogP contribution in [0.15, 0.2) is 41.5 Å². The number of benzene rings is 2. The molecule has 0 atom stereocenters.